The lowest BCUT2D eigenvalue weighted by atomic mass is 9.59. The number of anilines is 2. The fraction of sp³-hybridized carbons (Fsp3) is 0.268. The normalized spacial score (nSPS) is 21.6. The Balaban J connectivity index is 1.29. The van der Waals surface area contributed by atoms with E-state index in [1.54, 1.807) is 0 Å². The second-order valence-electron chi connectivity index (χ2n) is 13.2. The van der Waals surface area contributed by atoms with Crippen molar-refractivity contribution in [3.63, 3.8) is 0 Å². The van der Waals surface area contributed by atoms with Gasteiger partial charge in [-0.3, -0.25) is 0 Å². The topological polar surface area (TPSA) is 12.0 Å². The molecule has 0 amide bonds. The summed E-state index contributed by atoms with van der Waals surface area (Å²) in [6, 6.07) is 32.2. The molecule has 1 atom stereocenters. The van der Waals surface area contributed by atoms with Gasteiger partial charge in [0.25, 0.3) is 0 Å². The van der Waals surface area contributed by atoms with Crippen molar-refractivity contribution in [3.8, 4) is 22.3 Å². The van der Waals surface area contributed by atoms with Crippen LogP contribution in [-0.4, -0.2) is 0 Å². The Hall–Kier alpha value is -4.10. The van der Waals surface area contributed by atoms with Crippen LogP contribution in [0, 0.1) is 5.92 Å². The Bertz CT molecular complexity index is 1790. The maximum atomic E-state index is 3.95. The van der Waals surface area contributed by atoms with Gasteiger partial charge in [-0.25, -0.2) is 0 Å². The van der Waals surface area contributed by atoms with E-state index in [0.29, 0.717) is 5.92 Å². The molecule has 1 nitrogen and oxygen atoms in total. The molecule has 8 rings (SSSR count). The van der Waals surface area contributed by atoms with Gasteiger partial charge in [0.1, 0.15) is 0 Å². The maximum Gasteiger partial charge on any atom is 0.0489 e. The molecule has 0 heterocycles. The van der Waals surface area contributed by atoms with Crippen molar-refractivity contribution in [1.29, 1.82) is 0 Å². The van der Waals surface area contributed by atoms with Gasteiger partial charge in [-0.1, -0.05) is 130 Å². The molecule has 1 fully saturated rings. The van der Waals surface area contributed by atoms with Gasteiger partial charge in [0.05, 0.1) is 0 Å². The molecule has 4 aromatic carbocycles. The van der Waals surface area contributed by atoms with Crippen LogP contribution in [0.5, 0.6) is 0 Å². The third kappa shape index (κ3) is 3.62. The third-order valence-corrected chi connectivity index (χ3v) is 10.6. The average Bonchev–Trinajstić information content (AvgIpc) is 3.26. The third-order valence-electron chi connectivity index (χ3n) is 10.6. The first-order chi connectivity index (χ1) is 20.6. The van der Waals surface area contributed by atoms with Crippen molar-refractivity contribution in [2.75, 3.05) is 5.32 Å². The first-order valence-corrected chi connectivity index (χ1v) is 15.9. The van der Waals surface area contributed by atoms with Crippen LogP contribution in [0.1, 0.15) is 74.6 Å². The van der Waals surface area contributed by atoms with Crippen molar-refractivity contribution in [1.82, 2.24) is 0 Å². The minimum absolute atomic E-state index is 0.0165. The number of benzene rings is 4. The highest BCUT2D eigenvalue weighted by atomic mass is 14.9. The lowest BCUT2D eigenvalue weighted by molar-refractivity contribution is 0.274. The SMILES string of the molecule is CC1(C)c2ccccc2-c2ccc(Nc3cccc4c3-c3ccccc3C4(C3=CCC=CC=C3)C3CCCCC3)cc21. The summed E-state index contributed by atoms with van der Waals surface area (Å²) in [6.45, 7) is 4.72. The van der Waals surface area contributed by atoms with Gasteiger partial charge in [0.2, 0.25) is 0 Å². The fourth-order valence-electron chi connectivity index (χ4n) is 8.80. The van der Waals surface area contributed by atoms with Crippen LogP contribution in [0.15, 0.2) is 121 Å². The number of hydrogen-bond donors (Lipinski definition) is 1. The molecule has 1 unspecified atom stereocenters. The molecule has 0 aromatic heterocycles. The molecule has 1 N–H and O–H groups in total. The molecule has 0 bridgehead atoms. The van der Waals surface area contributed by atoms with Crippen molar-refractivity contribution >= 4 is 11.4 Å². The van der Waals surface area contributed by atoms with Gasteiger partial charge in [-0.15, -0.1) is 0 Å². The zero-order valence-electron chi connectivity index (χ0n) is 24.8. The van der Waals surface area contributed by atoms with E-state index >= 15 is 0 Å². The molecule has 4 aromatic rings. The lowest BCUT2D eigenvalue weighted by Gasteiger charge is -2.43. The van der Waals surface area contributed by atoms with Gasteiger partial charge < -0.3 is 5.32 Å². The Morgan fingerprint density at radius 1 is 0.667 bits per heavy atom. The smallest absolute Gasteiger partial charge is 0.0489 e. The van der Waals surface area contributed by atoms with Gasteiger partial charge in [-0.2, -0.15) is 0 Å². The Kier molecular flexibility index (Phi) is 5.93. The number of rotatable bonds is 4. The molecule has 4 aliphatic rings. The molecule has 0 radical (unpaired) electrons. The van der Waals surface area contributed by atoms with Crippen LogP contribution in [0.25, 0.3) is 22.3 Å². The summed E-state index contributed by atoms with van der Waals surface area (Å²) in [5.41, 5.74) is 15.0. The van der Waals surface area contributed by atoms with Crippen LogP contribution in [0.2, 0.25) is 0 Å². The van der Waals surface area contributed by atoms with Gasteiger partial charge >= 0.3 is 0 Å². The van der Waals surface area contributed by atoms with E-state index in [4.69, 9.17) is 0 Å². The van der Waals surface area contributed by atoms with Crippen LogP contribution in [0.3, 0.4) is 0 Å². The summed E-state index contributed by atoms with van der Waals surface area (Å²) in [5.74, 6) is 0.595. The quantitative estimate of drug-likeness (QED) is 0.269. The van der Waals surface area contributed by atoms with E-state index in [0.717, 1.165) is 12.1 Å². The van der Waals surface area contributed by atoms with Crippen LogP contribution in [-0.2, 0) is 10.8 Å². The van der Waals surface area contributed by atoms with Crippen molar-refractivity contribution in [2.45, 2.75) is 63.2 Å². The van der Waals surface area contributed by atoms with Gasteiger partial charge in [0.15, 0.2) is 0 Å². The second kappa shape index (κ2) is 9.73. The van der Waals surface area contributed by atoms with E-state index in [1.165, 1.54) is 87.9 Å². The highest BCUT2D eigenvalue weighted by molar-refractivity contribution is 5.93. The molecule has 0 spiro atoms. The van der Waals surface area contributed by atoms with Gasteiger partial charge in [-0.05, 0) is 87.9 Å². The number of fused-ring (bicyclic) bond motifs is 6. The molecule has 1 heteroatoms. The predicted molar refractivity (Wildman–Crippen MR) is 178 cm³/mol. The summed E-state index contributed by atoms with van der Waals surface area (Å²) in [6.07, 6.45) is 19.2. The van der Waals surface area contributed by atoms with Crippen LogP contribution >= 0.6 is 0 Å². The minimum atomic E-state index is -0.117. The number of hydrogen-bond acceptors (Lipinski definition) is 1. The Morgan fingerprint density at radius 3 is 2.26 bits per heavy atom. The standard InChI is InChI=1S/C41H39N/c1-40(2)34-21-12-10-19-31(34)32-26-25-30(27-37(32)40)42-38-24-14-23-36-39(38)33-20-11-13-22-35(33)41(36,29-17-8-5-9-18-29)28-15-6-3-4-7-16-28/h3-4,6,10-16,19-27,29,42H,5,7-9,17-18H2,1-2H3. The molecular weight excluding hydrogens is 506 g/mol. The molecule has 208 valence electrons. The largest absolute Gasteiger partial charge is 0.355 e. The zero-order chi connectivity index (χ0) is 28.3. The highest BCUT2D eigenvalue weighted by Crippen LogP contribution is 2.61. The molecule has 0 aliphatic heterocycles. The summed E-state index contributed by atoms with van der Waals surface area (Å²) in [7, 11) is 0. The van der Waals surface area contributed by atoms with Gasteiger partial charge in [0, 0.05) is 27.8 Å². The fourth-order valence-corrected chi connectivity index (χ4v) is 8.80. The van der Waals surface area contributed by atoms with E-state index in [9.17, 15) is 0 Å². The Morgan fingerprint density at radius 2 is 1.40 bits per heavy atom. The van der Waals surface area contributed by atoms with Crippen LogP contribution < -0.4 is 5.32 Å². The predicted octanol–water partition coefficient (Wildman–Crippen LogP) is 11.0. The Labute approximate surface area is 250 Å². The molecular formula is C41H39N. The summed E-state index contributed by atoms with van der Waals surface area (Å²) in [5, 5.41) is 3.95. The molecule has 4 aliphatic carbocycles. The molecule has 1 saturated carbocycles. The van der Waals surface area contributed by atoms with Crippen LogP contribution in [0.4, 0.5) is 11.4 Å². The van der Waals surface area contributed by atoms with E-state index in [-0.39, 0.29) is 10.8 Å². The summed E-state index contributed by atoms with van der Waals surface area (Å²) >= 11 is 0. The van der Waals surface area contributed by atoms with Crippen molar-refractivity contribution < 1.29 is 0 Å². The van der Waals surface area contributed by atoms with Crippen molar-refractivity contribution in [2.24, 2.45) is 5.92 Å². The average molecular weight is 546 g/mol. The first kappa shape index (κ1) is 25.6. The first-order valence-electron chi connectivity index (χ1n) is 15.9. The minimum Gasteiger partial charge on any atom is -0.355 e. The number of nitrogens with one attached hydrogen (secondary N) is 1. The molecule has 42 heavy (non-hydrogen) atoms. The number of allylic oxidation sites excluding steroid dienone is 6. The van der Waals surface area contributed by atoms with E-state index in [2.05, 4.69) is 134 Å². The monoisotopic (exact) mass is 545 g/mol. The highest BCUT2D eigenvalue weighted by Gasteiger charge is 2.51. The zero-order valence-corrected chi connectivity index (χ0v) is 24.8. The lowest BCUT2D eigenvalue weighted by Crippen LogP contribution is -2.37. The van der Waals surface area contributed by atoms with Crippen molar-refractivity contribution in [3.05, 3.63) is 143 Å². The van der Waals surface area contributed by atoms with E-state index < -0.39 is 0 Å². The summed E-state index contributed by atoms with van der Waals surface area (Å²) < 4.78 is 0. The van der Waals surface area contributed by atoms with E-state index in [1.807, 2.05) is 0 Å². The maximum absolute atomic E-state index is 3.95. The summed E-state index contributed by atoms with van der Waals surface area (Å²) in [4.78, 5) is 0. The second-order valence-corrected chi connectivity index (χ2v) is 13.2. The molecule has 0 saturated heterocycles.